The number of rotatable bonds is 5. The quantitative estimate of drug-likeness (QED) is 0.914. The minimum atomic E-state index is -1.04. The van der Waals surface area contributed by atoms with Gasteiger partial charge in [-0.3, -0.25) is 9.00 Å². The Morgan fingerprint density at radius 2 is 2.00 bits per heavy atom. The number of ether oxygens (including phenoxy) is 1. The van der Waals surface area contributed by atoms with Crippen LogP contribution in [0.4, 0.5) is 0 Å². The van der Waals surface area contributed by atoms with Crippen molar-refractivity contribution in [2.24, 2.45) is 0 Å². The van der Waals surface area contributed by atoms with Crippen molar-refractivity contribution in [1.29, 1.82) is 0 Å². The molecule has 0 fully saturated rings. The number of pyridine rings is 1. The number of nitrogens with one attached hydrogen (secondary N) is 1. The lowest BCUT2D eigenvalue weighted by Gasteiger charge is -2.07. The van der Waals surface area contributed by atoms with E-state index in [0.717, 1.165) is 5.56 Å². The second kappa shape index (κ2) is 6.99. The van der Waals surface area contributed by atoms with Crippen molar-refractivity contribution in [3.8, 4) is 5.88 Å². The molecule has 0 bridgehead atoms. The minimum Gasteiger partial charge on any atom is -0.481 e. The lowest BCUT2D eigenvalue weighted by molar-refractivity contribution is 0.0950. The summed E-state index contributed by atoms with van der Waals surface area (Å²) in [5, 5.41) is 2.82. The number of hydrogen-bond donors (Lipinski definition) is 1. The Balaban J connectivity index is 1.99. The Hall–Kier alpha value is -2.21. The highest BCUT2D eigenvalue weighted by Gasteiger charge is 2.06. The van der Waals surface area contributed by atoms with Crippen molar-refractivity contribution < 1.29 is 13.7 Å². The third-order valence-electron chi connectivity index (χ3n) is 2.91. The molecule has 1 amide bonds. The topological polar surface area (TPSA) is 68.3 Å². The van der Waals surface area contributed by atoms with Crippen molar-refractivity contribution in [3.05, 3.63) is 53.7 Å². The second-order valence-corrected chi connectivity index (χ2v) is 5.75. The number of benzene rings is 1. The zero-order valence-electron chi connectivity index (χ0n) is 11.8. The maximum Gasteiger partial charge on any atom is 0.251 e. The predicted molar refractivity (Wildman–Crippen MR) is 80.7 cm³/mol. The second-order valence-electron chi connectivity index (χ2n) is 4.37. The van der Waals surface area contributed by atoms with Crippen LogP contribution in [0.3, 0.4) is 0 Å². The van der Waals surface area contributed by atoms with Gasteiger partial charge in [-0.15, -0.1) is 0 Å². The largest absolute Gasteiger partial charge is 0.481 e. The van der Waals surface area contributed by atoms with Gasteiger partial charge in [-0.1, -0.05) is 0 Å². The number of carbonyl (C=O) groups is 1. The number of amides is 1. The van der Waals surface area contributed by atoms with Crippen LogP contribution < -0.4 is 10.1 Å². The van der Waals surface area contributed by atoms with Crippen LogP contribution in [0, 0.1) is 0 Å². The van der Waals surface area contributed by atoms with Gasteiger partial charge >= 0.3 is 0 Å². The van der Waals surface area contributed by atoms with E-state index in [0.29, 0.717) is 22.9 Å². The van der Waals surface area contributed by atoms with Gasteiger partial charge in [-0.25, -0.2) is 4.98 Å². The Morgan fingerprint density at radius 1 is 1.29 bits per heavy atom. The third kappa shape index (κ3) is 4.13. The van der Waals surface area contributed by atoms with Crippen molar-refractivity contribution in [3.63, 3.8) is 0 Å². The fourth-order valence-corrected chi connectivity index (χ4v) is 2.27. The maximum absolute atomic E-state index is 12.0. The molecule has 1 atom stereocenters. The summed E-state index contributed by atoms with van der Waals surface area (Å²) in [5.74, 6) is 0.329. The summed E-state index contributed by atoms with van der Waals surface area (Å²) in [4.78, 5) is 16.7. The Labute approximate surface area is 125 Å². The first-order valence-electron chi connectivity index (χ1n) is 6.31. The molecule has 0 radical (unpaired) electrons. The van der Waals surface area contributed by atoms with Gasteiger partial charge in [-0.05, 0) is 35.9 Å². The summed E-state index contributed by atoms with van der Waals surface area (Å²) in [6.07, 6.45) is 3.23. The number of hydrogen-bond acceptors (Lipinski definition) is 4. The van der Waals surface area contributed by atoms with E-state index in [-0.39, 0.29) is 5.91 Å². The van der Waals surface area contributed by atoms with E-state index in [9.17, 15) is 9.00 Å². The van der Waals surface area contributed by atoms with E-state index >= 15 is 0 Å². The van der Waals surface area contributed by atoms with Gasteiger partial charge in [0.1, 0.15) is 0 Å². The molecule has 5 nitrogen and oxygen atoms in total. The summed E-state index contributed by atoms with van der Waals surface area (Å²) in [5.41, 5.74) is 1.44. The van der Waals surface area contributed by atoms with Crippen LogP contribution in [-0.4, -0.2) is 28.5 Å². The molecule has 0 aliphatic carbocycles. The fraction of sp³-hybridized carbons (Fsp3) is 0.200. The molecule has 0 aliphatic rings. The predicted octanol–water partition coefficient (Wildman–Crippen LogP) is 1.76. The van der Waals surface area contributed by atoms with Crippen LogP contribution >= 0.6 is 0 Å². The van der Waals surface area contributed by atoms with Crippen LogP contribution in [0.1, 0.15) is 15.9 Å². The van der Waals surface area contributed by atoms with E-state index in [1.165, 1.54) is 0 Å². The van der Waals surface area contributed by atoms with Gasteiger partial charge in [0, 0.05) is 46.3 Å². The van der Waals surface area contributed by atoms with Crippen molar-refractivity contribution in [1.82, 2.24) is 10.3 Å². The maximum atomic E-state index is 12.0. The van der Waals surface area contributed by atoms with E-state index in [1.807, 2.05) is 6.07 Å². The molecule has 1 N–H and O–H groups in total. The van der Waals surface area contributed by atoms with Crippen LogP contribution in [0.2, 0.25) is 0 Å². The molecule has 0 saturated carbocycles. The van der Waals surface area contributed by atoms with Gasteiger partial charge in [0.15, 0.2) is 0 Å². The SMILES string of the molecule is COc1cc(CNC(=O)c2ccc(S(C)=O)cc2)ccn1. The van der Waals surface area contributed by atoms with Crippen LogP contribution in [-0.2, 0) is 17.3 Å². The van der Waals surface area contributed by atoms with Gasteiger partial charge in [0.2, 0.25) is 5.88 Å². The van der Waals surface area contributed by atoms with E-state index in [1.54, 1.807) is 49.9 Å². The molecule has 1 unspecified atom stereocenters. The molecule has 1 aromatic heterocycles. The van der Waals surface area contributed by atoms with Gasteiger partial charge in [0.25, 0.3) is 5.91 Å². The van der Waals surface area contributed by atoms with Crippen LogP contribution in [0.15, 0.2) is 47.5 Å². The fourth-order valence-electron chi connectivity index (χ4n) is 1.75. The molecule has 2 aromatic rings. The molecule has 6 heteroatoms. The Morgan fingerprint density at radius 3 is 2.62 bits per heavy atom. The number of nitrogens with zero attached hydrogens (tertiary/aromatic N) is 1. The van der Waals surface area contributed by atoms with Gasteiger partial charge < -0.3 is 10.1 Å². The zero-order valence-corrected chi connectivity index (χ0v) is 12.6. The molecular weight excluding hydrogens is 288 g/mol. The summed E-state index contributed by atoms with van der Waals surface area (Å²) in [7, 11) is 0.505. The monoisotopic (exact) mass is 304 g/mol. The number of carbonyl (C=O) groups excluding carboxylic acids is 1. The summed E-state index contributed by atoms with van der Waals surface area (Å²) >= 11 is 0. The molecule has 1 heterocycles. The summed E-state index contributed by atoms with van der Waals surface area (Å²) in [6, 6.07) is 10.3. The van der Waals surface area contributed by atoms with Crippen LogP contribution in [0.5, 0.6) is 5.88 Å². The Kier molecular flexibility index (Phi) is 5.05. The first kappa shape index (κ1) is 15.2. The minimum absolute atomic E-state index is 0.181. The van der Waals surface area contributed by atoms with E-state index in [4.69, 9.17) is 4.74 Å². The summed E-state index contributed by atoms with van der Waals surface area (Å²) < 4.78 is 16.3. The van der Waals surface area contributed by atoms with E-state index < -0.39 is 10.8 Å². The highest BCUT2D eigenvalue weighted by atomic mass is 32.2. The normalized spacial score (nSPS) is 11.7. The van der Waals surface area contributed by atoms with E-state index in [2.05, 4.69) is 10.3 Å². The highest BCUT2D eigenvalue weighted by molar-refractivity contribution is 7.84. The smallest absolute Gasteiger partial charge is 0.251 e. The molecule has 1 aromatic carbocycles. The third-order valence-corrected chi connectivity index (χ3v) is 3.85. The lowest BCUT2D eigenvalue weighted by Crippen LogP contribution is -2.22. The average Bonchev–Trinajstić information content (AvgIpc) is 2.53. The van der Waals surface area contributed by atoms with Crippen molar-refractivity contribution in [2.45, 2.75) is 11.4 Å². The molecule has 0 spiro atoms. The van der Waals surface area contributed by atoms with Gasteiger partial charge in [0.05, 0.1) is 7.11 Å². The standard InChI is InChI=1S/C15H16N2O3S/c1-20-14-9-11(7-8-16-14)10-17-15(18)12-3-5-13(6-4-12)21(2)19/h3-9H,10H2,1-2H3,(H,17,18). The average molecular weight is 304 g/mol. The Bertz CT molecular complexity index is 656. The van der Waals surface area contributed by atoms with Crippen molar-refractivity contribution in [2.75, 3.05) is 13.4 Å². The number of aromatic nitrogens is 1. The molecule has 2 rings (SSSR count). The molecule has 21 heavy (non-hydrogen) atoms. The zero-order chi connectivity index (χ0) is 15.2. The number of methoxy groups -OCH3 is 1. The summed E-state index contributed by atoms with van der Waals surface area (Å²) in [6.45, 7) is 0.388. The molecule has 0 saturated heterocycles. The highest BCUT2D eigenvalue weighted by Crippen LogP contribution is 2.10. The molecule has 0 aliphatic heterocycles. The van der Waals surface area contributed by atoms with Gasteiger partial charge in [-0.2, -0.15) is 0 Å². The van der Waals surface area contributed by atoms with Crippen molar-refractivity contribution >= 4 is 16.7 Å². The first-order valence-corrected chi connectivity index (χ1v) is 7.86. The lowest BCUT2D eigenvalue weighted by atomic mass is 10.2. The molecule has 110 valence electrons. The van der Waals surface area contributed by atoms with Crippen LogP contribution in [0.25, 0.3) is 0 Å². The molecular formula is C15H16N2O3S. The first-order chi connectivity index (χ1) is 10.1.